The van der Waals surface area contributed by atoms with Crippen LogP contribution in [0.4, 0.5) is 0 Å². The number of unbranched alkanes of at least 4 members (excludes halogenated alkanes) is 12. The van der Waals surface area contributed by atoms with Gasteiger partial charge in [0.1, 0.15) is 12.1 Å². The number of carbonyl (C=O) groups excluding carboxylic acids is 3. The molecule has 2 atom stereocenters. The highest BCUT2D eigenvalue weighted by Gasteiger charge is 2.18. The summed E-state index contributed by atoms with van der Waals surface area (Å²) in [7, 11) is 0. The highest BCUT2D eigenvalue weighted by Crippen LogP contribution is 2.15. The number of hydrogen-bond donors (Lipinski definition) is 4. The average molecular weight is 795 g/mol. The monoisotopic (exact) mass is 795 g/mol. The fourth-order valence-electron chi connectivity index (χ4n) is 5.77. The minimum absolute atomic E-state index is 0.161. The number of rotatable bonds is 38. The molecule has 9 heteroatoms. The SMILES string of the molecule is CC/C=C\C/C=C\C/C=C\C/C=C\C/C=C\C/C=C\CCC(=O)OC(/C=C\CCCCCCCCC)CCCCCCCCC(=O)NCC(=O)NC(CO)C(=O)O. The molecule has 2 unspecified atom stereocenters. The van der Waals surface area contributed by atoms with Crippen molar-refractivity contribution < 1.29 is 34.1 Å². The van der Waals surface area contributed by atoms with Crippen LogP contribution in [0.25, 0.3) is 0 Å². The first-order valence-corrected chi connectivity index (χ1v) is 22.0. The number of aliphatic hydroxyl groups excluding tert-OH is 1. The standard InChI is InChI=1S/C48H78N2O7/c1-3-5-7-9-11-13-14-15-16-17-18-19-20-21-22-24-26-32-36-40-47(54)57-43(37-33-29-25-23-12-10-8-6-4-2)38-34-30-27-28-31-35-39-45(52)49-41-46(53)50-44(42-51)48(55)56/h5,7,11,13,15-16,18-19,21-22,26,32-33,37,43-44,51H,3-4,6,8-10,12,14,17,20,23-25,27-31,34-36,38-42H2,1-2H3,(H,49,52)(H,50,53)(H,55,56)/b7-5-,13-11-,16-15-,19-18-,22-21-,32-26-,37-33-. The van der Waals surface area contributed by atoms with Gasteiger partial charge in [0.25, 0.3) is 0 Å². The van der Waals surface area contributed by atoms with Crippen LogP contribution in [0.15, 0.2) is 85.1 Å². The summed E-state index contributed by atoms with van der Waals surface area (Å²) in [6, 6.07) is -1.39. The van der Waals surface area contributed by atoms with Gasteiger partial charge in [-0.05, 0) is 83.1 Å². The highest BCUT2D eigenvalue weighted by atomic mass is 16.5. The number of nitrogens with one attached hydrogen (secondary N) is 2. The molecule has 0 spiro atoms. The summed E-state index contributed by atoms with van der Waals surface area (Å²) < 4.78 is 5.90. The number of ether oxygens (including phenoxy) is 1. The fraction of sp³-hybridized carbons (Fsp3) is 0.625. The number of aliphatic carboxylic acids is 1. The minimum Gasteiger partial charge on any atom is -0.480 e. The van der Waals surface area contributed by atoms with E-state index in [4.69, 9.17) is 14.9 Å². The second kappa shape index (κ2) is 41.6. The van der Waals surface area contributed by atoms with E-state index in [9.17, 15) is 19.2 Å². The molecule has 2 amide bonds. The summed E-state index contributed by atoms with van der Waals surface area (Å²) >= 11 is 0. The molecule has 0 heterocycles. The van der Waals surface area contributed by atoms with E-state index in [1.807, 2.05) is 0 Å². The van der Waals surface area contributed by atoms with Gasteiger partial charge >= 0.3 is 11.9 Å². The lowest BCUT2D eigenvalue weighted by Gasteiger charge is -2.14. The van der Waals surface area contributed by atoms with Gasteiger partial charge in [-0.15, -0.1) is 0 Å². The molecule has 0 rings (SSSR count). The summed E-state index contributed by atoms with van der Waals surface area (Å²) in [5.41, 5.74) is 0. The first-order chi connectivity index (χ1) is 27.8. The van der Waals surface area contributed by atoms with E-state index in [0.29, 0.717) is 19.3 Å². The van der Waals surface area contributed by atoms with Crippen LogP contribution in [0.3, 0.4) is 0 Å². The first kappa shape index (κ1) is 53.0. The Labute approximate surface area is 346 Å². The molecular weight excluding hydrogens is 717 g/mol. The first-order valence-electron chi connectivity index (χ1n) is 22.0. The lowest BCUT2D eigenvalue weighted by molar-refractivity contribution is -0.147. The van der Waals surface area contributed by atoms with Gasteiger partial charge in [0.2, 0.25) is 11.8 Å². The normalized spacial score (nSPS) is 13.3. The van der Waals surface area contributed by atoms with Crippen LogP contribution in [0, 0.1) is 0 Å². The lowest BCUT2D eigenvalue weighted by atomic mass is 10.0. The second-order valence-electron chi connectivity index (χ2n) is 14.4. The molecule has 0 aromatic rings. The van der Waals surface area contributed by atoms with E-state index in [1.54, 1.807) is 0 Å². The Kier molecular flexibility index (Phi) is 38.7. The summed E-state index contributed by atoms with van der Waals surface area (Å²) in [4.78, 5) is 47.4. The van der Waals surface area contributed by atoms with Crippen molar-refractivity contribution in [3.05, 3.63) is 85.1 Å². The number of carboxylic acid groups (broad SMARTS) is 1. The van der Waals surface area contributed by atoms with Crippen molar-refractivity contribution >= 4 is 23.8 Å². The molecule has 0 aromatic heterocycles. The van der Waals surface area contributed by atoms with Crippen LogP contribution >= 0.6 is 0 Å². The van der Waals surface area contributed by atoms with Crippen LogP contribution in [0.1, 0.15) is 168 Å². The Morgan fingerprint density at radius 2 is 1.07 bits per heavy atom. The van der Waals surface area contributed by atoms with E-state index in [1.165, 1.54) is 38.5 Å². The van der Waals surface area contributed by atoms with Crippen LogP contribution < -0.4 is 10.6 Å². The third-order valence-electron chi connectivity index (χ3n) is 9.12. The molecule has 0 saturated heterocycles. The Bertz CT molecular complexity index is 1230. The molecule has 0 fully saturated rings. The summed E-state index contributed by atoms with van der Waals surface area (Å²) in [6.45, 7) is 3.34. The Morgan fingerprint density at radius 1 is 0.561 bits per heavy atom. The number of carboxylic acids is 1. The van der Waals surface area contributed by atoms with E-state index < -0.39 is 24.5 Å². The number of allylic oxidation sites excluding steroid dienone is 13. The largest absolute Gasteiger partial charge is 0.480 e. The van der Waals surface area contributed by atoms with Gasteiger partial charge in [-0.3, -0.25) is 14.4 Å². The minimum atomic E-state index is -1.39. The predicted octanol–water partition coefficient (Wildman–Crippen LogP) is 10.9. The van der Waals surface area contributed by atoms with Crippen molar-refractivity contribution in [2.45, 2.75) is 180 Å². The van der Waals surface area contributed by atoms with Crippen LogP contribution in [0.2, 0.25) is 0 Å². The van der Waals surface area contributed by atoms with Gasteiger partial charge in [0.15, 0.2) is 0 Å². The van der Waals surface area contributed by atoms with E-state index in [-0.39, 0.29) is 30.9 Å². The molecule has 0 aliphatic rings. The van der Waals surface area contributed by atoms with Gasteiger partial charge in [0, 0.05) is 12.8 Å². The summed E-state index contributed by atoms with van der Waals surface area (Å²) in [5.74, 6) is -2.43. The van der Waals surface area contributed by atoms with Crippen molar-refractivity contribution in [3.63, 3.8) is 0 Å². The van der Waals surface area contributed by atoms with Gasteiger partial charge < -0.3 is 25.6 Å². The molecule has 4 N–H and O–H groups in total. The topological polar surface area (TPSA) is 142 Å². The average Bonchev–Trinajstić information content (AvgIpc) is 3.20. The smallest absolute Gasteiger partial charge is 0.328 e. The van der Waals surface area contributed by atoms with Gasteiger partial charge in [-0.25, -0.2) is 4.79 Å². The Hall–Kier alpha value is -3.98. The maximum atomic E-state index is 12.7. The van der Waals surface area contributed by atoms with Crippen LogP contribution in [-0.2, 0) is 23.9 Å². The van der Waals surface area contributed by atoms with Gasteiger partial charge in [0.05, 0.1) is 13.2 Å². The second-order valence-corrected chi connectivity index (χ2v) is 14.4. The number of aliphatic hydroxyl groups is 1. The fourth-order valence-corrected chi connectivity index (χ4v) is 5.77. The summed E-state index contributed by atoms with van der Waals surface area (Å²) in [6.07, 6.45) is 53.5. The molecule has 57 heavy (non-hydrogen) atoms. The summed E-state index contributed by atoms with van der Waals surface area (Å²) in [5, 5.41) is 22.5. The third kappa shape index (κ3) is 38.7. The molecule has 0 saturated carbocycles. The lowest BCUT2D eigenvalue weighted by Crippen LogP contribution is -2.47. The van der Waals surface area contributed by atoms with Crippen molar-refractivity contribution in [1.29, 1.82) is 0 Å². The van der Waals surface area contributed by atoms with Crippen molar-refractivity contribution in [1.82, 2.24) is 10.6 Å². The van der Waals surface area contributed by atoms with Crippen LogP contribution in [-0.4, -0.2) is 59.3 Å². The molecule has 0 radical (unpaired) electrons. The quantitative estimate of drug-likeness (QED) is 0.0277. The number of hydrogen-bond acceptors (Lipinski definition) is 6. The molecular formula is C48H78N2O7. The molecule has 0 aromatic carbocycles. The third-order valence-corrected chi connectivity index (χ3v) is 9.12. The highest BCUT2D eigenvalue weighted by molar-refractivity contribution is 5.87. The van der Waals surface area contributed by atoms with Gasteiger partial charge in [-0.1, -0.05) is 157 Å². The van der Waals surface area contributed by atoms with E-state index in [2.05, 4.69) is 110 Å². The van der Waals surface area contributed by atoms with E-state index >= 15 is 0 Å². The number of carbonyl (C=O) groups is 4. The Balaban J connectivity index is 4.40. The molecule has 0 bridgehead atoms. The van der Waals surface area contributed by atoms with E-state index in [0.717, 1.165) is 89.9 Å². The zero-order valence-electron chi connectivity index (χ0n) is 35.6. The molecule has 0 aliphatic heterocycles. The molecule has 322 valence electrons. The van der Waals surface area contributed by atoms with Gasteiger partial charge in [-0.2, -0.15) is 0 Å². The van der Waals surface area contributed by atoms with Crippen molar-refractivity contribution in [2.75, 3.05) is 13.2 Å². The number of esters is 1. The maximum Gasteiger partial charge on any atom is 0.328 e. The zero-order valence-corrected chi connectivity index (χ0v) is 35.6. The zero-order chi connectivity index (χ0) is 41.9. The van der Waals surface area contributed by atoms with Crippen LogP contribution in [0.5, 0.6) is 0 Å². The maximum absolute atomic E-state index is 12.7. The number of amides is 2. The van der Waals surface area contributed by atoms with Crippen molar-refractivity contribution in [3.8, 4) is 0 Å². The molecule has 9 nitrogen and oxygen atoms in total. The predicted molar refractivity (Wildman–Crippen MR) is 236 cm³/mol. The Morgan fingerprint density at radius 3 is 1.61 bits per heavy atom. The van der Waals surface area contributed by atoms with Crippen molar-refractivity contribution in [2.24, 2.45) is 0 Å². The molecule has 0 aliphatic carbocycles.